The summed E-state index contributed by atoms with van der Waals surface area (Å²) in [6.45, 7) is 0.737. The molecule has 2 aromatic carbocycles. The van der Waals surface area contributed by atoms with E-state index in [4.69, 9.17) is 9.15 Å². The number of nitrogens with zero attached hydrogens (tertiary/aromatic N) is 1. The van der Waals surface area contributed by atoms with E-state index in [9.17, 15) is 19.7 Å². The lowest BCUT2D eigenvalue weighted by molar-refractivity contribution is -0.384. The minimum atomic E-state index is -0.466. The van der Waals surface area contributed by atoms with Crippen molar-refractivity contribution < 1.29 is 23.7 Å². The van der Waals surface area contributed by atoms with E-state index in [1.807, 2.05) is 0 Å². The van der Waals surface area contributed by atoms with Crippen LogP contribution in [0.4, 0.5) is 11.4 Å². The summed E-state index contributed by atoms with van der Waals surface area (Å²) in [5, 5.41) is 19.2. The highest BCUT2D eigenvalue weighted by Gasteiger charge is 2.13. The zero-order valence-electron chi connectivity index (χ0n) is 17.1. The molecule has 32 heavy (non-hydrogen) atoms. The van der Waals surface area contributed by atoms with E-state index in [1.54, 1.807) is 48.5 Å². The molecule has 0 saturated carbocycles. The summed E-state index contributed by atoms with van der Waals surface area (Å²) in [6.07, 6.45) is 1.52. The van der Waals surface area contributed by atoms with E-state index in [2.05, 4.69) is 16.0 Å². The first kappa shape index (κ1) is 22.3. The first-order valence-electron chi connectivity index (χ1n) is 9.80. The van der Waals surface area contributed by atoms with Crippen molar-refractivity contribution in [2.75, 3.05) is 25.0 Å². The Morgan fingerprint density at radius 2 is 1.75 bits per heavy atom. The topological polar surface area (TPSA) is 136 Å². The largest absolute Gasteiger partial charge is 0.483 e. The standard InChI is InChI=1S/C22H22N4O6/c27-21(25-14-18-4-3-13-31-18)15-32-20-6-2-1-5-19(20)22(28)24-12-11-23-16-7-9-17(10-8-16)26(29)30/h1-10,13,23H,11-12,14-15H2,(H,24,28)(H,25,27). The molecule has 10 nitrogen and oxygen atoms in total. The van der Waals surface area contributed by atoms with Crippen LogP contribution in [0.5, 0.6) is 5.75 Å². The molecule has 3 aromatic rings. The third-order valence-corrected chi connectivity index (χ3v) is 4.35. The van der Waals surface area contributed by atoms with Crippen LogP contribution in [-0.4, -0.2) is 36.4 Å². The van der Waals surface area contributed by atoms with Gasteiger partial charge in [0.25, 0.3) is 17.5 Å². The average Bonchev–Trinajstić information content (AvgIpc) is 3.33. The lowest BCUT2D eigenvalue weighted by atomic mass is 10.2. The van der Waals surface area contributed by atoms with E-state index in [0.29, 0.717) is 35.9 Å². The number of rotatable bonds is 11. The fraction of sp³-hybridized carbons (Fsp3) is 0.182. The molecular formula is C22H22N4O6. The summed E-state index contributed by atoms with van der Waals surface area (Å²) in [5.41, 5.74) is 1.02. The molecule has 2 amide bonds. The number of nitro groups is 1. The third-order valence-electron chi connectivity index (χ3n) is 4.35. The van der Waals surface area contributed by atoms with Gasteiger partial charge in [-0.1, -0.05) is 12.1 Å². The Hall–Kier alpha value is -4.34. The lowest BCUT2D eigenvalue weighted by Crippen LogP contribution is -2.30. The predicted molar refractivity (Wildman–Crippen MR) is 116 cm³/mol. The average molecular weight is 438 g/mol. The van der Waals surface area contributed by atoms with E-state index < -0.39 is 4.92 Å². The van der Waals surface area contributed by atoms with Crippen LogP contribution >= 0.6 is 0 Å². The minimum Gasteiger partial charge on any atom is -0.483 e. The summed E-state index contributed by atoms with van der Waals surface area (Å²) in [5.74, 6) is 0.230. The molecule has 0 aliphatic carbocycles. The van der Waals surface area contributed by atoms with Crippen molar-refractivity contribution in [1.29, 1.82) is 0 Å². The molecule has 0 unspecified atom stereocenters. The van der Waals surface area contributed by atoms with Crippen LogP contribution < -0.4 is 20.7 Å². The number of amides is 2. The number of para-hydroxylation sites is 1. The monoisotopic (exact) mass is 438 g/mol. The van der Waals surface area contributed by atoms with E-state index in [0.717, 1.165) is 0 Å². The first-order valence-corrected chi connectivity index (χ1v) is 9.80. The predicted octanol–water partition coefficient (Wildman–Crippen LogP) is 2.72. The second kappa shape index (κ2) is 11.2. The molecule has 0 fully saturated rings. The summed E-state index contributed by atoms with van der Waals surface area (Å²) < 4.78 is 10.7. The van der Waals surface area contributed by atoms with Crippen LogP contribution in [0.1, 0.15) is 16.1 Å². The van der Waals surface area contributed by atoms with E-state index in [-0.39, 0.29) is 30.7 Å². The van der Waals surface area contributed by atoms with Gasteiger partial charge < -0.3 is 25.1 Å². The number of hydrogen-bond donors (Lipinski definition) is 3. The van der Waals surface area contributed by atoms with Crippen LogP contribution in [0.2, 0.25) is 0 Å². The number of furan rings is 1. The number of ether oxygens (including phenoxy) is 1. The molecule has 166 valence electrons. The van der Waals surface area contributed by atoms with Crippen molar-refractivity contribution in [3.05, 3.63) is 88.4 Å². The van der Waals surface area contributed by atoms with Gasteiger partial charge in [-0.05, 0) is 36.4 Å². The van der Waals surface area contributed by atoms with Crippen LogP contribution in [0.25, 0.3) is 0 Å². The zero-order valence-corrected chi connectivity index (χ0v) is 17.1. The molecule has 0 aliphatic heterocycles. The molecular weight excluding hydrogens is 416 g/mol. The smallest absolute Gasteiger partial charge is 0.269 e. The summed E-state index contributed by atoms with van der Waals surface area (Å²) >= 11 is 0. The molecule has 0 radical (unpaired) electrons. The molecule has 3 rings (SSSR count). The lowest BCUT2D eigenvalue weighted by Gasteiger charge is -2.12. The van der Waals surface area contributed by atoms with Crippen molar-refractivity contribution in [3.8, 4) is 5.75 Å². The maximum atomic E-state index is 12.5. The molecule has 0 atom stereocenters. The van der Waals surface area contributed by atoms with E-state index in [1.165, 1.54) is 18.4 Å². The SMILES string of the molecule is O=C(COc1ccccc1C(=O)NCCNc1ccc([N+](=O)[O-])cc1)NCc1ccco1. The van der Waals surface area contributed by atoms with Crippen LogP contribution in [0.15, 0.2) is 71.3 Å². The van der Waals surface area contributed by atoms with Gasteiger partial charge in [0, 0.05) is 30.9 Å². The molecule has 1 heterocycles. The molecule has 0 bridgehead atoms. The number of carbonyl (C=O) groups is 2. The summed E-state index contributed by atoms with van der Waals surface area (Å²) in [7, 11) is 0. The summed E-state index contributed by atoms with van der Waals surface area (Å²) in [4.78, 5) is 34.7. The molecule has 10 heteroatoms. The van der Waals surface area contributed by atoms with Crippen LogP contribution in [0.3, 0.4) is 0 Å². The first-order chi connectivity index (χ1) is 15.5. The summed E-state index contributed by atoms with van der Waals surface area (Å²) in [6, 6.07) is 16.1. The fourth-order valence-corrected chi connectivity index (χ4v) is 2.75. The Balaban J connectivity index is 1.43. The van der Waals surface area contributed by atoms with Gasteiger partial charge in [0.2, 0.25) is 0 Å². The normalized spacial score (nSPS) is 10.2. The van der Waals surface area contributed by atoms with Crippen molar-refractivity contribution in [3.63, 3.8) is 0 Å². The number of hydrogen-bond acceptors (Lipinski definition) is 7. The van der Waals surface area contributed by atoms with Crippen molar-refractivity contribution in [1.82, 2.24) is 10.6 Å². The van der Waals surface area contributed by atoms with Gasteiger partial charge >= 0.3 is 0 Å². The molecule has 0 spiro atoms. The number of anilines is 1. The quantitative estimate of drug-likeness (QED) is 0.238. The van der Waals surface area contributed by atoms with Gasteiger partial charge in [0.05, 0.1) is 23.3 Å². The Bertz CT molecular complexity index is 1050. The Morgan fingerprint density at radius 1 is 0.969 bits per heavy atom. The fourth-order valence-electron chi connectivity index (χ4n) is 2.75. The second-order valence-electron chi connectivity index (χ2n) is 6.63. The maximum absolute atomic E-state index is 12.5. The third kappa shape index (κ3) is 6.59. The highest BCUT2D eigenvalue weighted by molar-refractivity contribution is 5.97. The van der Waals surface area contributed by atoms with E-state index >= 15 is 0 Å². The van der Waals surface area contributed by atoms with Crippen molar-refractivity contribution >= 4 is 23.2 Å². The maximum Gasteiger partial charge on any atom is 0.269 e. The highest BCUT2D eigenvalue weighted by atomic mass is 16.6. The molecule has 3 N–H and O–H groups in total. The van der Waals surface area contributed by atoms with Crippen LogP contribution in [0, 0.1) is 10.1 Å². The minimum absolute atomic E-state index is 0.00936. The Kier molecular flexibility index (Phi) is 7.79. The van der Waals surface area contributed by atoms with Crippen molar-refractivity contribution in [2.24, 2.45) is 0 Å². The number of carbonyl (C=O) groups excluding carboxylic acids is 2. The van der Waals surface area contributed by atoms with Gasteiger partial charge in [0.1, 0.15) is 11.5 Å². The van der Waals surface area contributed by atoms with Gasteiger partial charge in [-0.2, -0.15) is 0 Å². The highest BCUT2D eigenvalue weighted by Crippen LogP contribution is 2.18. The Labute approximate surface area is 183 Å². The van der Waals surface area contributed by atoms with Crippen LogP contribution in [-0.2, 0) is 11.3 Å². The van der Waals surface area contributed by atoms with Gasteiger partial charge in [-0.15, -0.1) is 0 Å². The second-order valence-corrected chi connectivity index (χ2v) is 6.63. The Morgan fingerprint density at radius 3 is 2.47 bits per heavy atom. The number of nitro benzene ring substituents is 1. The number of non-ortho nitro benzene ring substituents is 1. The van der Waals surface area contributed by atoms with Gasteiger partial charge in [-0.25, -0.2) is 0 Å². The van der Waals surface area contributed by atoms with Crippen molar-refractivity contribution in [2.45, 2.75) is 6.54 Å². The molecule has 1 aromatic heterocycles. The number of nitrogens with one attached hydrogen (secondary N) is 3. The molecule has 0 aliphatic rings. The number of benzene rings is 2. The van der Waals surface area contributed by atoms with Gasteiger partial charge in [0.15, 0.2) is 6.61 Å². The molecule has 0 saturated heterocycles. The zero-order chi connectivity index (χ0) is 22.8. The van der Waals surface area contributed by atoms with Gasteiger partial charge in [-0.3, -0.25) is 19.7 Å².